The number of aliphatic hydroxyl groups is 1. The van der Waals surface area contributed by atoms with Crippen LogP contribution in [0, 0.1) is 11.3 Å². The molecule has 0 radical (unpaired) electrons. The highest BCUT2D eigenvalue weighted by Gasteiger charge is 2.44. The number of hydrogen-bond donors (Lipinski definition) is 1. The summed E-state index contributed by atoms with van der Waals surface area (Å²) in [7, 11) is 0. The van der Waals surface area contributed by atoms with Gasteiger partial charge in [0.1, 0.15) is 0 Å². The topological polar surface area (TPSA) is 38.7 Å². The molecular weight excluding hydrogens is 216 g/mol. The lowest BCUT2D eigenvalue weighted by Crippen LogP contribution is -2.42. The average Bonchev–Trinajstić information content (AvgIpc) is 2.27. The third-order valence-electron chi connectivity index (χ3n) is 3.93. The van der Waals surface area contributed by atoms with Gasteiger partial charge in [0.2, 0.25) is 0 Å². The standard InChI is InChI=1S/C14H26O3/c1-6-16-11(3)17-9-12-7-13(10(2)8-15)14(12,4)5/h11-12,15H,6-9H2,1-5H3/b13-10+. The number of ether oxygens (including phenoxy) is 2. The molecule has 1 fully saturated rings. The Morgan fingerprint density at radius 2 is 2.12 bits per heavy atom. The van der Waals surface area contributed by atoms with Gasteiger partial charge in [-0.05, 0) is 44.1 Å². The van der Waals surface area contributed by atoms with Gasteiger partial charge in [-0.2, -0.15) is 0 Å². The van der Waals surface area contributed by atoms with Gasteiger partial charge in [-0.3, -0.25) is 0 Å². The lowest BCUT2D eigenvalue weighted by atomic mass is 9.58. The zero-order chi connectivity index (χ0) is 13.1. The molecule has 2 unspecified atom stereocenters. The van der Waals surface area contributed by atoms with Gasteiger partial charge in [0.15, 0.2) is 6.29 Å². The largest absolute Gasteiger partial charge is 0.392 e. The number of allylic oxidation sites excluding steroid dienone is 1. The molecule has 0 aromatic carbocycles. The molecule has 0 spiro atoms. The van der Waals surface area contributed by atoms with Crippen LogP contribution in [0.15, 0.2) is 11.1 Å². The summed E-state index contributed by atoms with van der Waals surface area (Å²) < 4.78 is 11.0. The molecule has 100 valence electrons. The molecule has 0 aliphatic heterocycles. The summed E-state index contributed by atoms with van der Waals surface area (Å²) in [6.45, 7) is 12.0. The van der Waals surface area contributed by atoms with E-state index in [0.29, 0.717) is 12.5 Å². The molecule has 3 nitrogen and oxygen atoms in total. The summed E-state index contributed by atoms with van der Waals surface area (Å²) in [4.78, 5) is 0. The zero-order valence-corrected chi connectivity index (χ0v) is 11.7. The molecule has 0 aromatic rings. The Morgan fingerprint density at radius 3 is 2.59 bits per heavy atom. The molecule has 1 N–H and O–H groups in total. The van der Waals surface area contributed by atoms with Crippen LogP contribution in [-0.4, -0.2) is 31.2 Å². The SMILES string of the molecule is CCOC(C)OCC1C/C(=C(/C)CO)C1(C)C. The van der Waals surface area contributed by atoms with Gasteiger partial charge in [-0.15, -0.1) is 0 Å². The van der Waals surface area contributed by atoms with E-state index in [2.05, 4.69) is 13.8 Å². The highest BCUT2D eigenvalue weighted by molar-refractivity contribution is 5.29. The summed E-state index contributed by atoms with van der Waals surface area (Å²) in [5.41, 5.74) is 2.65. The minimum Gasteiger partial charge on any atom is -0.392 e. The van der Waals surface area contributed by atoms with Crippen molar-refractivity contribution in [1.29, 1.82) is 0 Å². The van der Waals surface area contributed by atoms with Crippen LogP contribution < -0.4 is 0 Å². The molecule has 0 bridgehead atoms. The average molecular weight is 242 g/mol. The van der Waals surface area contributed by atoms with Crippen molar-refractivity contribution in [2.75, 3.05) is 19.8 Å². The Bertz CT molecular complexity index is 281. The van der Waals surface area contributed by atoms with Crippen molar-refractivity contribution in [2.24, 2.45) is 11.3 Å². The first kappa shape index (κ1) is 14.7. The molecule has 1 rings (SSSR count). The molecule has 2 atom stereocenters. The second-order valence-corrected chi connectivity index (χ2v) is 5.40. The van der Waals surface area contributed by atoms with Gasteiger partial charge < -0.3 is 14.6 Å². The number of aliphatic hydroxyl groups excluding tert-OH is 1. The lowest BCUT2D eigenvalue weighted by Gasteiger charge is -2.48. The maximum Gasteiger partial charge on any atom is 0.154 e. The first-order valence-electron chi connectivity index (χ1n) is 6.46. The summed E-state index contributed by atoms with van der Waals surface area (Å²) in [5.74, 6) is 0.530. The van der Waals surface area contributed by atoms with Crippen LogP contribution in [0.1, 0.15) is 41.0 Å². The first-order valence-corrected chi connectivity index (χ1v) is 6.46. The van der Waals surface area contributed by atoms with E-state index in [-0.39, 0.29) is 18.3 Å². The van der Waals surface area contributed by atoms with E-state index in [0.717, 1.165) is 18.6 Å². The van der Waals surface area contributed by atoms with Crippen LogP contribution in [0.25, 0.3) is 0 Å². The number of hydrogen-bond acceptors (Lipinski definition) is 3. The van der Waals surface area contributed by atoms with Crippen LogP contribution in [0.3, 0.4) is 0 Å². The fourth-order valence-electron chi connectivity index (χ4n) is 2.50. The summed E-state index contributed by atoms with van der Waals surface area (Å²) in [6, 6.07) is 0. The smallest absolute Gasteiger partial charge is 0.154 e. The van der Waals surface area contributed by atoms with Crippen molar-refractivity contribution in [1.82, 2.24) is 0 Å². The summed E-state index contributed by atoms with van der Waals surface area (Å²) >= 11 is 0. The highest BCUT2D eigenvalue weighted by Crippen LogP contribution is 2.52. The van der Waals surface area contributed by atoms with Crippen molar-refractivity contribution in [3.8, 4) is 0 Å². The zero-order valence-electron chi connectivity index (χ0n) is 11.7. The highest BCUT2D eigenvalue weighted by atomic mass is 16.7. The Kier molecular flexibility index (Phi) is 5.17. The number of rotatable bonds is 6. The Hall–Kier alpha value is -0.380. The second kappa shape index (κ2) is 5.98. The fourth-order valence-corrected chi connectivity index (χ4v) is 2.50. The van der Waals surface area contributed by atoms with Gasteiger partial charge in [0.25, 0.3) is 0 Å². The van der Waals surface area contributed by atoms with Gasteiger partial charge in [-0.25, -0.2) is 0 Å². The third kappa shape index (κ3) is 3.30. The molecule has 1 saturated carbocycles. The van der Waals surface area contributed by atoms with Crippen LogP contribution in [-0.2, 0) is 9.47 Å². The lowest BCUT2D eigenvalue weighted by molar-refractivity contribution is -0.146. The van der Waals surface area contributed by atoms with E-state index >= 15 is 0 Å². The predicted molar refractivity (Wildman–Crippen MR) is 68.7 cm³/mol. The van der Waals surface area contributed by atoms with Crippen molar-refractivity contribution in [2.45, 2.75) is 47.3 Å². The fraction of sp³-hybridized carbons (Fsp3) is 0.857. The Balaban J connectivity index is 2.45. The van der Waals surface area contributed by atoms with E-state index in [1.54, 1.807) is 0 Å². The van der Waals surface area contributed by atoms with Gasteiger partial charge in [0, 0.05) is 6.61 Å². The van der Waals surface area contributed by atoms with E-state index in [1.165, 1.54) is 5.57 Å². The van der Waals surface area contributed by atoms with E-state index in [4.69, 9.17) is 14.6 Å². The van der Waals surface area contributed by atoms with Crippen LogP contribution in [0.2, 0.25) is 0 Å². The predicted octanol–water partition coefficient (Wildman–Crippen LogP) is 2.74. The van der Waals surface area contributed by atoms with Crippen LogP contribution >= 0.6 is 0 Å². The van der Waals surface area contributed by atoms with Crippen LogP contribution in [0.4, 0.5) is 0 Å². The van der Waals surface area contributed by atoms with Crippen molar-refractivity contribution < 1.29 is 14.6 Å². The molecule has 17 heavy (non-hydrogen) atoms. The molecule has 1 aliphatic rings. The van der Waals surface area contributed by atoms with E-state index < -0.39 is 0 Å². The Morgan fingerprint density at radius 1 is 1.47 bits per heavy atom. The summed E-state index contributed by atoms with van der Waals surface area (Å²) in [5, 5.41) is 9.17. The van der Waals surface area contributed by atoms with Crippen molar-refractivity contribution in [3.63, 3.8) is 0 Å². The van der Waals surface area contributed by atoms with Crippen molar-refractivity contribution in [3.05, 3.63) is 11.1 Å². The van der Waals surface area contributed by atoms with Gasteiger partial charge >= 0.3 is 0 Å². The maximum absolute atomic E-state index is 9.17. The molecule has 0 saturated heterocycles. The maximum atomic E-state index is 9.17. The minimum atomic E-state index is -0.122. The molecule has 0 amide bonds. The first-order chi connectivity index (χ1) is 7.93. The quantitative estimate of drug-likeness (QED) is 0.575. The Labute approximate surface area is 105 Å². The third-order valence-corrected chi connectivity index (χ3v) is 3.93. The normalized spacial score (nSPS) is 27.5. The molecule has 3 heteroatoms. The molecule has 0 heterocycles. The van der Waals surface area contributed by atoms with E-state index in [1.807, 2.05) is 20.8 Å². The van der Waals surface area contributed by atoms with Crippen molar-refractivity contribution >= 4 is 0 Å². The van der Waals surface area contributed by atoms with Crippen LogP contribution in [0.5, 0.6) is 0 Å². The second-order valence-electron chi connectivity index (χ2n) is 5.40. The van der Waals surface area contributed by atoms with Gasteiger partial charge in [-0.1, -0.05) is 19.4 Å². The minimum absolute atomic E-state index is 0.122. The molecular formula is C14H26O3. The summed E-state index contributed by atoms with van der Waals surface area (Å²) in [6.07, 6.45) is 0.917. The van der Waals surface area contributed by atoms with E-state index in [9.17, 15) is 0 Å². The molecule has 1 aliphatic carbocycles. The monoisotopic (exact) mass is 242 g/mol. The molecule has 0 aromatic heterocycles. The van der Waals surface area contributed by atoms with Gasteiger partial charge in [0.05, 0.1) is 13.2 Å².